The van der Waals surface area contributed by atoms with E-state index in [2.05, 4.69) is 40.1 Å². The summed E-state index contributed by atoms with van der Waals surface area (Å²) in [5, 5.41) is 5.41. The van der Waals surface area contributed by atoms with Crippen LogP contribution in [0.15, 0.2) is 38.7 Å². The molecular formula is C12H14BrN3S. The fourth-order valence-corrected chi connectivity index (χ4v) is 2.74. The number of hydrogen-bond acceptors (Lipinski definition) is 3. The highest BCUT2D eigenvalue weighted by atomic mass is 79.9. The second kappa shape index (κ2) is 5.14. The van der Waals surface area contributed by atoms with Gasteiger partial charge in [-0.15, -0.1) is 0 Å². The molecule has 0 saturated heterocycles. The number of aromatic nitrogens is 2. The molecule has 0 aliphatic carbocycles. The molecule has 0 aliphatic heterocycles. The Morgan fingerprint density at radius 3 is 2.53 bits per heavy atom. The maximum atomic E-state index is 6.08. The number of aryl methyl sites for hydroxylation is 2. The monoisotopic (exact) mass is 311 g/mol. The molecule has 90 valence electrons. The number of anilines is 1. The van der Waals surface area contributed by atoms with E-state index in [4.69, 9.17) is 5.73 Å². The molecule has 2 N–H and O–H groups in total. The highest BCUT2D eigenvalue weighted by molar-refractivity contribution is 9.10. The molecule has 0 aliphatic rings. The van der Waals surface area contributed by atoms with E-state index < -0.39 is 0 Å². The Hall–Kier alpha value is -0.940. The molecule has 1 aromatic heterocycles. The summed E-state index contributed by atoms with van der Waals surface area (Å²) in [6.45, 7) is 2.06. The molecule has 0 amide bonds. The van der Waals surface area contributed by atoms with E-state index >= 15 is 0 Å². The molecule has 3 nitrogen and oxygen atoms in total. The second-order valence-electron chi connectivity index (χ2n) is 3.70. The van der Waals surface area contributed by atoms with E-state index in [-0.39, 0.29) is 0 Å². The first-order chi connectivity index (χ1) is 8.11. The van der Waals surface area contributed by atoms with Gasteiger partial charge in [0.25, 0.3) is 0 Å². The zero-order chi connectivity index (χ0) is 12.4. The molecular weight excluding hydrogens is 298 g/mol. The van der Waals surface area contributed by atoms with Crippen LogP contribution < -0.4 is 5.73 Å². The zero-order valence-electron chi connectivity index (χ0n) is 9.77. The molecule has 17 heavy (non-hydrogen) atoms. The van der Waals surface area contributed by atoms with Crippen LogP contribution in [0, 0.1) is 0 Å². The molecule has 0 fully saturated rings. The highest BCUT2D eigenvalue weighted by Gasteiger charge is 2.12. The van der Waals surface area contributed by atoms with Crippen LogP contribution in [0.2, 0.25) is 0 Å². The van der Waals surface area contributed by atoms with Crippen molar-refractivity contribution in [1.29, 1.82) is 0 Å². The van der Waals surface area contributed by atoms with Crippen LogP contribution >= 0.6 is 27.7 Å². The largest absolute Gasteiger partial charge is 0.395 e. The summed E-state index contributed by atoms with van der Waals surface area (Å²) in [6, 6.07) is 8.17. The van der Waals surface area contributed by atoms with Crippen LogP contribution in [0.4, 0.5) is 5.69 Å². The quantitative estimate of drug-likeness (QED) is 0.943. The molecule has 2 aromatic rings. The van der Waals surface area contributed by atoms with Gasteiger partial charge in [-0.3, -0.25) is 4.68 Å². The molecule has 0 unspecified atom stereocenters. The molecule has 1 aromatic carbocycles. The number of nitrogen functional groups attached to an aromatic ring is 1. The third-order valence-corrected chi connectivity index (χ3v) is 4.18. The first-order valence-corrected chi connectivity index (χ1v) is 6.97. The minimum absolute atomic E-state index is 0.794. The van der Waals surface area contributed by atoms with Crippen molar-refractivity contribution >= 4 is 33.4 Å². The summed E-state index contributed by atoms with van der Waals surface area (Å²) in [5.74, 6) is 0. The SMILES string of the molecule is CCc1nn(C)c(Sc2ccc(Br)cc2)c1N. The summed E-state index contributed by atoms with van der Waals surface area (Å²) in [7, 11) is 1.93. The predicted octanol–water partition coefficient (Wildman–Crippen LogP) is 3.48. The van der Waals surface area contributed by atoms with E-state index in [9.17, 15) is 0 Å². The maximum Gasteiger partial charge on any atom is 0.122 e. The van der Waals surface area contributed by atoms with E-state index in [1.54, 1.807) is 11.8 Å². The van der Waals surface area contributed by atoms with Crippen LogP contribution in [0.1, 0.15) is 12.6 Å². The Kier molecular flexibility index (Phi) is 3.79. The normalized spacial score (nSPS) is 10.8. The van der Waals surface area contributed by atoms with Gasteiger partial charge < -0.3 is 5.73 Å². The smallest absolute Gasteiger partial charge is 0.122 e. The van der Waals surface area contributed by atoms with Crippen molar-refractivity contribution in [2.45, 2.75) is 23.3 Å². The van der Waals surface area contributed by atoms with Crippen LogP contribution in [0.25, 0.3) is 0 Å². The van der Waals surface area contributed by atoms with Gasteiger partial charge in [-0.25, -0.2) is 0 Å². The van der Waals surface area contributed by atoms with Gasteiger partial charge in [0.2, 0.25) is 0 Å². The lowest BCUT2D eigenvalue weighted by molar-refractivity contribution is 0.687. The molecule has 1 heterocycles. The number of rotatable bonds is 3. The fourth-order valence-electron chi connectivity index (χ4n) is 1.57. The van der Waals surface area contributed by atoms with Gasteiger partial charge in [0.1, 0.15) is 5.03 Å². The molecule has 0 spiro atoms. The van der Waals surface area contributed by atoms with E-state index in [0.29, 0.717) is 0 Å². The summed E-state index contributed by atoms with van der Waals surface area (Å²) >= 11 is 5.06. The number of nitrogens with zero attached hydrogens (tertiary/aromatic N) is 2. The Labute approximate surface area is 114 Å². The zero-order valence-corrected chi connectivity index (χ0v) is 12.2. The molecule has 0 saturated carbocycles. The van der Waals surface area contributed by atoms with Crippen molar-refractivity contribution in [3.05, 3.63) is 34.4 Å². The highest BCUT2D eigenvalue weighted by Crippen LogP contribution is 2.34. The van der Waals surface area contributed by atoms with Gasteiger partial charge >= 0.3 is 0 Å². The first-order valence-electron chi connectivity index (χ1n) is 5.36. The van der Waals surface area contributed by atoms with Gasteiger partial charge in [-0.05, 0) is 30.7 Å². The van der Waals surface area contributed by atoms with Crippen molar-refractivity contribution in [2.24, 2.45) is 7.05 Å². The second-order valence-corrected chi connectivity index (χ2v) is 5.68. The van der Waals surface area contributed by atoms with Crippen LogP contribution in [-0.4, -0.2) is 9.78 Å². The van der Waals surface area contributed by atoms with E-state index in [1.165, 1.54) is 0 Å². The Morgan fingerprint density at radius 2 is 2.00 bits per heavy atom. The van der Waals surface area contributed by atoms with Crippen LogP contribution in [-0.2, 0) is 13.5 Å². The van der Waals surface area contributed by atoms with Gasteiger partial charge in [0, 0.05) is 16.4 Å². The average Bonchev–Trinajstić information content (AvgIpc) is 2.59. The van der Waals surface area contributed by atoms with Crippen molar-refractivity contribution < 1.29 is 0 Å². The molecule has 2 rings (SSSR count). The first kappa shape index (κ1) is 12.5. The number of benzene rings is 1. The lowest BCUT2D eigenvalue weighted by Gasteiger charge is -2.03. The Morgan fingerprint density at radius 1 is 1.35 bits per heavy atom. The minimum atomic E-state index is 0.794. The summed E-state index contributed by atoms with van der Waals surface area (Å²) in [4.78, 5) is 1.16. The van der Waals surface area contributed by atoms with Gasteiger partial charge in [-0.2, -0.15) is 5.10 Å². The van der Waals surface area contributed by atoms with E-state index in [0.717, 1.165) is 32.2 Å². The maximum absolute atomic E-state index is 6.08. The number of nitrogens with two attached hydrogens (primary N) is 1. The Bertz CT molecular complexity index is 519. The predicted molar refractivity (Wildman–Crippen MR) is 75.3 cm³/mol. The van der Waals surface area contributed by atoms with Crippen molar-refractivity contribution in [3.8, 4) is 0 Å². The van der Waals surface area contributed by atoms with Crippen molar-refractivity contribution in [3.63, 3.8) is 0 Å². The summed E-state index contributed by atoms with van der Waals surface area (Å²) in [6.07, 6.45) is 0.862. The standard InChI is InChI=1S/C12H14BrN3S/c1-3-10-11(14)12(16(2)15-10)17-9-6-4-8(13)5-7-9/h4-7H,3,14H2,1-2H3. The van der Waals surface area contributed by atoms with Crippen LogP contribution in [0.5, 0.6) is 0 Å². The topological polar surface area (TPSA) is 43.8 Å². The fraction of sp³-hybridized carbons (Fsp3) is 0.250. The summed E-state index contributed by atoms with van der Waals surface area (Å²) < 4.78 is 2.93. The minimum Gasteiger partial charge on any atom is -0.395 e. The van der Waals surface area contributed by atoms with Gasteiger partial charge in [0.15, 0.2) is 0 Å². The van der Waals surface area contributed by atoms with E-state index in [1.807, 2.05) is 23.9 Å². The molecule has 5 heteroatoms. The number of hydrogen-bond donors (Lipinski definition) is 1. The van der Waals surface area contributed by atoms with Gasteiger partial charge in [-0.1, -0.05) is 34.6 Å². The van der Waals surface area contributed by atoms with Crippen LogP contribution in [0.3, 0.4) is 0 Å². The lowest BCUT2D eigenvalue weighted by atomic mass is 10.3. The third-order valence-electron chi connectivity index (χ3n) is 2.47. The molecule has 0 bridgehead atoms. The van der Waals surface area contributed by atoms with Gasteiger partial charge in [0.05, 0.1) is 11.4 Å². The van der Waals surface area contributed by atoms with Crippen molar-refractivity contribution in [1.82, 2.24) is 9.78 Å². The summed E-state index contributed by atoms with van der Waals surface area (Å²) in [5.41, 5.74) is 7.84. The lowest BCUT2D eigenvalue weighted by Crippen LogP contribution is -1.93. The third kappa shape index (κ3) is 2.66. The Balaban J connectivity index is 2.29. The molecule has 0 radical (unpaired) electrons. The number of halogens is 1. The molecule has 0 atom stereocenters. The average molecular weight is 312 g/mol. The van der Waals surface area contributed by atoms with Crippen molar-refractivity contribution in [2.75, 3.05) is 5.73 Å².